The van der Waals surface area contributed by atoms with Crippen molar-refractivity contribution in [3.63, 3.8) is 0 Å². The summed E-state index contributed by atoms with van der Waals surface area (Å²) in [4.78, 5) is 0. The van der Waals surface area contributed by atoms with E-state index in [2.05, 4.69) is 25.2 Å². The van der Waals surface area contributed by atoms with Crippen LogP contribution in [0.25, 0.3) is 0 Å². The van der Waals surface area contributed by atoms with Gasteiger partial charge in [0, 0.05) is 17.6 Å². The number of hydrogen-bond donors (Lipinski definition) is 1. The lowest BCUT2D eigenvalue weighted by Crippen LogP contribution is -2.45. The predicted molar refractivity (Wildman–Crippen MR) is 62.2 cm³/mol. The molecule has 0 amide bonds. The highest BCUT2D eigenvalue weighted by molar-refractivity contribution is 6.30. The maximum absolute atomic E-state index is 5.97. The lowest BCUT2D eigenvalue weighted by atomic mass is 10.0. The Morgan fingerprint density at radius 1 is 1.40 bits per heavy atom. The van der Waals surface area contributed by atoms with Gasteiger partial charge in [0.25, 0.3) is 0 Å². The first kappa shape index (κ1) is 10.9. The van der Waals surface area contributed by atoms with E-state index in [-0.39, 0.29) is 12.2 Å². The maximum Gasteiger partial charge on any atom is 0.0979 e. The summed E-state index contributed by atoms with van der Waals surface area (Å²) in [6, 6.07) is 8.22. The van der Waals surface area contributed by atoms with Crippen molar-refractivity contribution in [2.75, 3.05) is 6.54 Å². The molecule has 2 nitrogen and oxygen atoms in total. The highest BCUT2D eigenvalue weighted by atomic mass is 35.5. The zero-order chi connectivity index (χ0) is 10.8. The number of halogens is 1. The van der Waals surface area contributed by atoms with E-state index in [4.69, 9.17) is 16.3 Å². The van der Waals surface area contributed by atoms with Crippen molar-refractivity contribution in [3.8, 4) is 0 Å². The van der Waals surface area contributed by atoms with Crippen LogP contribution in [-0.2, 0) is 4.74 Å². The SMILES string of the molecule is CC1CNC(C)C(c2cccc(Cl)c2)O1. The third-order valence-corrected chi connectivity index (χ3v) is 2.97. The van der Waals surface area contributed by atoms with Crippen LogP contribution in [0.3, 0.4) is 0 Å². The van der Waals surface area contributed by atoms with Gasteiger partial charge in [-0.05, 0) is 31.5 Å². The van der Waals surface area contributed by atoms with E-state index < -0.39 is 0 Å². The second kappa shape index (κ2) is 4.52. The van der Waals surface area contributed by atoms with Crippen LogP contribution in [0.15, 0.2) is 24.3 Å². The average Bonchev–Trinajstić information content (AvgIpc) is 2.22. The molecule has 3 atom stereocenters. The molecule has 1 aromatic carbocycles. The molecule has 1 heterocycles. The molecule has 1 fully saturated rings. The van der Waals surface area contributed by atoms with E-state index in [1.54, 1.807) is 0 Å². The maximum atomic E-state index is 5.97. The Hall–Kier alpha value is -0.570. The van der Waals surface area contributed by atoms with Crippen LogP contribution < -0.4 is 5.32 Å². The predicted octanol–water partition coefficient (Wildman–Crippen LogP) is 2.78. The van der Waals surface area contributed by atoms with Crippen LogP contribution >= 0.6 is 11.6 Å². The quantitative estimate of drug-likeness (QED) is 0.794. The van der Waals surface area contributed by atoms with Crippen LogP contribution in [0.2, 0.25) is 5.02 Å². The van der Waals surface area contributed by atoms with E-state index in [1.807, 2.05) is 18.2 Å². The lowest BCUT2D eigenvalue weighted by Gasteiger charge is -2.34. The van der Waals surface area contributed by atoms with Crippen molar-refractivity contribution < 1.29 is 4.74 Å². The molecule has 0 saturated carbocycles. The molecule has 82 valence electrons. The summed E-state index contributed by atoms with van der Waals surface area (Å²) >= 11 is 5.97. The fraction of sp³-hybridized carbons (Fsp3) is 0.500. The van der Waals surface area contributed by atoms with Crippen molar-refractivity contribution in [2.24, 2.45) is 0 Å². The summed E-state index contributed by atoms with van der Waals surface area (Å²) in [5.41, 5.74) is 1.15. The Labute approximate surface area is 95.6 Å². The number of morpholine rings is 1. The van der Waals surface area contributed by atoms with Gasteiger partial charge >= 0.3 is 0 Å². The standard InChI is InChI=1S/C12H16ClNO/c1-8-7-14-9(2)12(15-8)10-4-3-5-11(13)6-10/h3-6,8-9,12,14H,7H2,1-2H3. The molecule has 1 aliphatic heterocycles. The summed E-state index contributed by atoms with van der Waals surface area (Å²) in [6.07, 6.45) is 0.359. The molecule has 0 spiro atoms. The van der Waals surface area contributed by atoms with Gasteiger partial charge in [0.2, 0.25) is 0 Å². The largest absolute Gasteiger partial charge is 0.368 e. The van der Waals surface area contributed by atoms with Gasteiger partial charge in [-0.15, -0.1) is 0 Å². The van der Waals surface area contributed by atoms with Gasteiger partial charge in [-0.1, -0.05) is 23.7 Å². The fourth-order valence-electron chi connectivity index (χ4n) is 1.93. The van der Waals surface area contributed by atoms with Gasteiger partial charge in [0.05, 0.1) is 12.2 Å². The number of hydrogen-bond acceptors (Lipinski definition) is 2. The average molecular weight is 226 g/mol. The summed E-state index contributed by atoms with van der Waals surface area (Å²) in [5, 5.41) is 4.20. The van der Waals surface area contributed by atoms with Crippen molar-refractivity contribution in [1.82, 2.24) is 5.32 Å². The van der Waals surface area contributed by atoms with E-state index in [0.29, 0.717) is 6.04 Å². The lowest BCUT2D eigenvalue weighted by molar-refractivity contribution is -0.0520. The topological polar surface area (TPSA) is 21.3 Å². The number of nitrogens with one attached hydrogen (secondary N) is 1. The van der Waals surface area contributed by atoms with Crippen LogP contribution in [0.1, 0.15) is 25.5 Å². The Kier molecular flexibility index (Phi) is 3.29. The molecular formula is C12H16ClNO. The molecule has 1 N–H and O–H groups in total. The van der Waals surface area contributed by atoms with Crippen LogP contribution in [0.5, 0.6) is 0 Å². The van der Waals surface area contributed by atoms with Gasteiger partial charge in [-0.3, -0.25) is 0 Å². The number of ether oxygens (including phenoxy) is 1. The summed E-state index contributed by atoms with van der Waals surface area (Å²) < 4.78 is 5.92. The van der Waals surface area contributed by atoms with Gasteiger partial charge in [-0.2, -0.15) is 0 Å². The van der Waals surface area contributed by atoms with Crippen molar-refractivity contribution in [2.45, 2.75) is 32.1 Å². The second-order valence-corrected chi connectivity index (χ2v) is 4.56. The molecule has 3 unspecified atom stereocenters. The fourth-order valence-corrected chi connectivity index (χ4v) is 2.12. The number of rotatable bonds is 1. The van der Waals surface area contributed by atoms with E-state index in [1.165, 1.54) is 0 Å². The molecule has 1 aliphatic rings. The van der Waals surface area contributed by atoms with Crippen LogP contribution in [0, 0.1) is 0 Å². The minimum absolute atomic E-state index is 0.104. The van der Waals surface area contributed by atoms with E-state index >= 15 is 0 Å². The normalized spacial score (nSPS) is 31.5. The van der Waals surface area contributed by atoms with E-state index in [0.717, 1.165) is 17.1 Å². The monoisotopic (exact) mass is 225 g/mol. The molecule has 0 radical (unpaired) electrons. The zero-order valence-electron chi connectivity index (χ0n) is 9.03. The third-order valence-electron chi connectivity index (χ3n) is 2.74. The third kappa shape index (κ3) is 2.51. The summed E-state index contributed by atoms with van der Waals surface area (Å²) in [5.74, 6) is 0. The first-order valence-electron chi connectivity index (χ1n) is 5.31. The van der Waals surface area contributed by atoms with Crippen molar-refractivity contribution in [3.05, 3.63) is 34.9 Å². The summed E-state index contributed by atoms with van der Waals surface area (Å²) in [7, 11) is 0. The molecule has 2 rings (SSSR count). The van der Waals surface area contributed by atoms with Crippen molar-refractivity contribution in [1.29, 1.82) is 0 Å². The Morgan fingerprint density at radius 2 is 2.20 bits per heavy atom. The minimum Gasteiger partial charge on any atom is -0.368 e. The zero-order valence-corrected chi connectivity index (χ0v) is 9.79. The smallest absolute Gasteiger partial charge is 0.0979 e. The molecule has 15 heavy (non-hydrogen) atoms. The second-order valence-electron chi connectivity index (χ2n) is 4.12. The molecular weight excluding hydrogens is 210 g/mol. The van der Waals surface area contributed by atoms with Crippen LogP contribution in [0.4, 0.5) is 0 Å². The highest BCUT2D eigenvalue weighted by Gasteiger charge is 2.26. The molecule has 1 saturated heterocycles. The molecule has 0 bridgehead atoms. The molecule has 1 aromatic rings. The highest BCUT2D eigenvalue weighted by Crippen LogP contribution is 2.27. The molecule has 0 aromatic heterocycles. The Morgan fingerprint density at radius 3 is 2.93 bits per heavy atom. The Balaban J connectivity index is 2.21. The summed E-state index contributed by atoms with van der Waals surface area (Å²) in [6.45, 7) is 5.13. The van der Waals surface area contributed by atoms with Gasteiger partial charge < -0.3 is 10.1 Å². The van der Waals surface area contributed by atoms with Gasteiger partial charge in [0.1, 0.15) is 0 Å². The molecule has 0 aliphatic carbocycles. The number of benzene rings is 1. The van der Waals surface area contributed by atoms with Gasteiger partial charge in [-0.25, -0.2) is 0 Å². The van der Waals surface area contributed by atoms with Crippen molar-refractivity contribution >= 4 is 11.6 Å². The first-order chi connectivity index (χ1) is 7.16. The van der Waals surface area contributed by atoms with Gasteiger partial charge in [0.15, 0.2) is 0 Å². The Bertz CT molecular complexity index is 342. The van der Waals surface area contributed by atoms with Crippen LogP contribution in [-0.4, -0.2) is 18.7 Å². The molecule has 3 heteroatoms. The van der Waals surface area contributed by atoms with E-state index in [9.17, 15) is 0 Å². The first-order valence-corrected chi connectivity index (χ1v) is 5.69. The minimum atomic E-state index is 0.104.